The summed E-state index contributed by atoms with van der Waals surface area (Å²) in [5.74, 6) is 1.54. The van der Waals surface area contributed by atoms with Crippen LogP contribution < -0.4 is 10.6 Å². The first-order valence-corrected chi connectivity index (χ1v) is 9.35. The molecule has 140 valence electrons. The number of carbonyl (C=O) groups is 1. The van der Waals surface area contributed by atoms with Gasteiger partial charge in [-0.2, -0.15) is 5.10 Å². The van der Waals surface area contributed by atoms with Crippen LogP contribution in [0.4, 0.5) is 10.6 Å². The van der Waals surface area contributed by atoms with Crippen LogP contribution in [0.5, 0.6) is 0 Å². The summed E-state index contributed by atoms with van der Waals surface area (Å²) in [5, 5.41) is 9.97. The summed E-state index contributed by atoms with van der Waals surface area (Å²) in [6.07, 6.45) is 2.57. The molecule has 1 saturated heterocycles. The highest BCUT2D eigenvalue weighted by atomic mass is 16.2. The molecule has 0 atom stereocenters. The van der Waals surface area contributed by atoms with Gasteiger partial charge in [0.15, 0.2) is 0 Å². The van der Waals surface area contributed by atoms with Gasteiger partial charge in [-0.1, -0.05) is 31.2 Å². The van der Waals surface area contributed by atoms with E-state index in [0.717, 1.165) is 23.7 Å². The number of carbonyl (C=O) groups excluding carboxylic acids is 1. The van der Waals surface area contributed by atoms with Crippen LogP contribution >= 0.6 is 0 Å². The first-order valence-electron chi connectivity index (χ1n) is 9.35. The van der Waals surface area contributed by atoms with Crippen LogP contribution in [-0.2, 0) is 20.1 Å². The van der Waals surface area contributed by atoms with Gasteiger partial charge in [-0.25, -0.2) is 4.79 Å². The average Bonchev–Trinajstić information content (AvgIpc) is 2.93. The van der Waals surface area contributed by atoms with Crippen molar-refractivity contribution in [2.75, 3.05) is 18.4 Å². The fourth-order valence-corrected chi connectivity index (χ4v) is 3.39. The van der Waals surface area contributed by atoms with Gasteiger partial charge >= 0.3 is 6.03 Å². The predicted octanol–water partition coefficient (Wildman–Crippen LogP) is 3.28. The smallest absolute Gasteiger partial charge is 0.320 e. The summed E-state index contributed by atoms with van der Waals surface area (Å²) in [4.78, 5) is 14.6. The monoisotopic (exact) mass is 355 g/mol. The van der Waals surface area contributed by atoms with Gasteiger partial charge in [0.1, 0.15) is 5.82 Å². The van der Waals surface area contributed by atoms with E-state index in [0.29, 0.717) is 12.4 Å². The lowest BCUT2D eigenvalue weighted by Crippen LogP contribution is -2.32. The molecule has 0 aliphatic carbocycles. The molecule has 26 heavy (non-hydrogen) atoms. The zero-order valence-corrected chi connectivity index (χ0v) is 16.0. The number of rotatable bonds is 5. The molecule has 1 aliphatic heterocycles. The van der Waals surface area contributed by atoms with Crippen molar-refractivity contribution in [1.29, 1.82) is 0 Å². The first-order chi connectivity index (χ1) is 12.5. The molecule has 6 heteroatoms. The average molecular weight is 355 g/mol. The molecule has 0 bridgehead atoms. The van der Waals surface area contributed by atoms with Crippen molar-refractivity contribution in [2.45, 2.75) is 39.8 Å². The minimum absolute atomic E-state index is 0.219. The maximum atomic E-state index is 12.1. The van der Waals surface area contributed by atoms with E-state index >= 15 is 0 Å². The van der Waals surface area contributed by atoms with Gasteiger partial charge in [0.05, 0.1) is 5.69 Å². The summed E-state index contributed by atoms with van der Waals surface area (Å²) in [5.41, 5.74) is 3.30. The number of aromatic nitrogens is 2. The van der Waals surface area contributed by atoms with Crippen molar-refractivity contribution >= 4 is 11.8 Å². The highest BCUT2D eigenvalue weighted by molar-refractivity contribution is 5.88. The van der Waals surface area contributed by atoms with Crippen molar-refractivity contribution in [3.63, 3.8) is 0 Å². The number of benzene rings is 1. The Balaban J connectivity index is 1.50. The summed E-state index contributed by atoms with van der Waals surface area (Å²) >= 11 is 0. The van der Waals surface area contributed by atoms with Crippen LogP contribution in [0.25, 0.3) is 0 Å². The molecule has 2 amide bonds. The topological polar surface area (TPSA) is 62.2 Å². The van der Waals surface area contributed by atoms with Gasteiger partial charge in [-0.15, -0.1) is 0 Å². The van der Waals surface area contributed by atoms with Gasteiger partial charge in [0.2, 0.25) is 0 Å². The van der Waals surface area contributed by atoms with Gasteiger partial charge in [-0.05, 0) is 49.9 Å². The maximum Gasteiger partial charge on any atom is 0.320 e. The van der Waals surface area contributed by atoms with E-state index in [9.17, 15) is 4.79 Å². The lowest BCUT2D eigenvalue weighted by atomic mass is 9.98. The molecule has 1 aromatic heterocycles. The van der Waals surface area contributed by atoms with Crippen LogP contribution in [0.3, 0.4) is 0 Å². The van der Waals surface area contributed by atoms with E-state index in [4.69, 9.17) is 0 Å². The van der Waals surface area contributed by atoms with Crippen LogP contribution in [0.2, 0.25) is 0 Å². The normalized spacial score (nSPS) is 15.8. The first kappa shape index (κ1) is 18.5. The van der Waals surface area contributed by atoms with E-state index in [1.807, 2.05) is 20.0 Å². The Morgan fingerprint density at radius 1 is 1.23 bits per heavy atom. The largest absolute Gasteiger partial charge is 0.334 e. The number of piperidine rings is 1. The number of hydrogen-bond donors (Lipinski definition) is 2. The quantitative estimate of drug-likeness (QED) is 0.865. The fraction of sp³-hybridized carbons (Fsp3) is 0.500. The molecule has 0 unspecified atom stereocenters. The molecule has 0 radical (unpaired) electrons. The second kappa shape index (κ2) is 8.36. The molecular formula is C20H29N5O. The zero-order valence-electron chi connectivity index (χ0n) is 16.0. The summed E-state index contributed by atoms with van der Waals surface area (Å²) in [6, 6.07) is 10.1. The van der Waals surface area contributed by atoms with E-state index < -0.39 is 0 Å². The minimum atomic E-state index is -0.219. The number of amides is 2. The summed E-state index contributed by atoms with van der Waals surface area (Å²) < 4.78 is 1.66. The molecule has 2 N–H and O–H groups in total. The van der Waals surface area contributed by atoms with Gasteiger partial charge in [0.25, 0.3) is 0 Å². The third-order valence-corrected chi connectivity index (χ3v) is 4.97. The number of nitrogens with one attached hydrogen (secondary N) is 2. The minimum Gasteiger partial charge on any atom is -0.334 e. The maximum absolute atomic E-state index is 12.1. The van der Waals surface area contributed by atoms with Crippen molar-refractivity contribution in [3.8, 4) is 0 Å². The molecular weight excluding hydrogens is 326 g/mol. The highest BCUT2D eigenvalue weighted by Crippen LogP contribution is 2.18. The number of aryl methyl sites for hydroxylation is 2. The molecule has 1 aliphatic rings. The van der Waals surface area contributed by atoms with Crippen LogP contribution in [-0.4, -0.2) is 33.8 Å². The van der Waals surface area contributed by atoms with Gasteiger partial charge in [-0.3, -0.25) is 14.9 Å². The Labute approximate surface area is 155 Å². The summed E-state index contributed by atoms with van der Waals surface area (Å²) in [7, 11) is 1.81. The Hall–Kier alpha value is -2.34. The molecule has 3 rings (SSSR count). The molecule has 1 aromatic carbocycles. The van der Waals surface area contributed by atoms with Crippen LogP contribution in [0.1, 0.15) is 36.6 Å². The number of urea groups is 1. The third kappa shape index (κ3) is 5.08. The number of likely N-dealkylation sites (tertiary alicyclic amines) is 1. The lowest BCUT2D eigenvalue weighted by molar-refractivity contribution is 0.185. The molecule has 1 fully saturated rings. The number of nitrogens with zero attached hydrogens (tertiary/aromatic N) is 3. The molecule has 0 spiro atoms. The molecule has 6 nitrogen and oxygen atoms in total. The fourth-order valence-electron chi connectivity index (χ4n) is 3.39. The van der Waals surface area contributed by atoms with Crippen LogP contribution in [0.15, 0.2) is 30.3 Å². The Bertz CT molecular complexity index is 746. The van der Waals surface area contributed by atoms with E-state index in [2.05, 4.69) is 51.8 Å². The second-order valence-corrected chi connectivity index (χ2v) is 7.38. The van der Waals surface area contributed by atoms with Gasteiger partial charge in [0, 0.05) is 26.2 Å². The Kier molecular flexibility index (Phi) is 5.93. The summed E-state index contributed by atoms with van der Waals surface area (Å²) in [6.45, 7) is 8.08. The van der Waals surface area contributed by atoms with E-state index in [1.54, 1.807) is 4.68 Å². The van der Waals surface area contributed by atoms with Crippen LogP contribution in [0, 0.1) is 12.8 Å². The SMILES string of the molecule is Cc1cc(NC(=O)NCc2cccc(CN3CCC(C)CC3)c2)n(C)n1. The predicted molar refractivity (Wildman–Crippen MR) is 104 cm³/mol. The second-order valence-electron chi connectivity index (χ2n) is 7.38. The zero-order chi connectivity index (χ0) is 18.5. The third-order valence-electron chi connectivity index (χ3n) is 4.97. The number of hydrogen-bond acceptors (Lipinski definition) is 3. The molecule has 2 aromatic rings. The van der Waals surface area contributed by atoms with Crippen molar-refractivity contribution in [3.05, 3.63) is 47.2 Å². The van der Waals surface area contributed by atoms with Crippen molar-refractivity contribution < 1.29 is 4.79 Å². The van der Waals surface area contributed by atoms with E-state index in [1.165, 1.54) is 31.5 Å². The lowest BCUT2D eigenvalue weighted by Gasteiger charge is -2.30. The van der Waals surface area contributed by atoms with Gasteiger partial charge < -0.3 is 5.32 Å². The van der Waals surface area contributed by atoms with E-state index in [-0.39, 0.29) is 6.03 Å². The van der Waals surface area contributed by atoms with Crippen molar-refractivity contribution in [1.82, 2.24) is 20.0 Å². The Morgan fingerprint density at radius 2 is 1.96 bits per heavy atom. The highest BCUT2D eigenvalue weighted by Gasteiger charge is 2.15. The standard InChI is InChI=1S/C20H29N5O/c1-15-7-9-25(10-8-15)14-18-6-4-5-17(12-18)13-21-20(26)22-19-11-16(2)23-24(19)3/h4-6,11-12,15H,7-10,13-14H2,1-3H3,(H2,21,22,26). The number of anilines is 1. The Morgan fingerprint density at radius 3 is 2.65 bits per heavy atom. The molecule has 0 saturated carbocycles. The van der Waals surface area contributed by atoms with Crippen molar-refractivity contribution in [2.24, 2.45) is 13.0 Å². The molecule has 2 heterocycles.